The van der Waals surface area contributed by atoms with Gasteiger partial charge in [0.1, 0.15) is 5.82 Å². The molecule has 0 aliphatic carbocycles. The molecule has 1 aromatic heterocycles. The number of nitrogens with zero attached hydrogens (tertiary/aromatic N) is 1. The second kappa shape index (κ2) is 6.31. The molecule has 0 aliphatic heterocycles. The van der Waals surface area contributed by atoms with Crippen molar-refractivity contribution in [1.82, 2.24) is 4.98 Å². The summed E-state index contributed by atoms with van der Waals surface area (Å²) in [6.45, 7) is 0.353. The van der Waals surface area contributed by atoms with Crippen LogP contribution in [0.1, 0.15) is 11.1 Å². The Hall–Kier alpha value is -0.910. The summed E-state index contributed by atoms with van der Waals surface area (Å²) in [6.07, 6.45) is 1.75. The van der Waals surface area contributed by atoms with Crippen LogP contribution < -0.4 is 5.73 Å². The molecule has 5 heteroatoms. The Morgan fingerprint density at radius 1 is 1.22 bits per heavy atom. The lowest BCUT2D eigenvalue weighted by Gasteiger charge is -2.04. The summed E-state index contributed by atoms with van der Waals surface area (Å²) in [5.74, 6) is 0.441. The predicted molar refractivity (Wildman–Crippen MR) is 75.8 cm³/mol. The zero-order chi connectivity index (χ0) is 13.0. The number of hydrogen-bond acceptors (Lipinski definition) is 3. The van der Waals surface area contributed by atoms with Crippen molar-refractivity contribution in [2.75, 3.05) is 0 Å². The molecular weight excluding hydrogens is 315 g/mol. The van der Waals surface area contributed by atoms with Gasteiger partial charge < -0.3 is 5.73 Å². The third-order valence-corrected chi connectivity index (χ3v) is 3.82. The fourth-order valence-corrected chi connectivity index (χ4v) is 2.53. The maximum absolute atomic E-state index is 13.3. The lowest BCUT2D eigenvalue weighted by Crippen LogP contribution is -1.98. The summed E-state index contributed by atoms with van der Waals surface area (Å²) in [5, 5.41) is 0.914. The minimum absolute atomic E-state index is 0.239. The van der Waals surface area contributed by atoms with Gasteiger partial charge in [-0.05, 0) is 51.3 Å². The Bertz CT molecular complexity index is 531. The molecule has 0 atom stereocenters. The van der Waals surface area contributed by atoms with Crippen LogP contribution in [0.2, 0.25) is 0 Å². The zero-order valence-electron chi connectivity index (χ0n) is 9.57. The molecule has 2 N–H and O–H groups in total. The van der Waals surface area contributed by atoms with Crippen LogP contribution in [-0.4, -0.2) is 4.98 Å². The highest BCUT2D eigenvalue weighted by molar-refractivity contribution is 9.10. The lowest BCUT2D eigenvalue weighted by atomic mass is 10.1. The molecule has 1 heterocycles. The zero-order valence-corrected chi connectivity index (χ0v) is 12.0. The van der Waals surface area contributed by atoms with Gasteiger partial charge >= 0.3 is 0 Å². The third kappa shape index (κ3) is 3.80. The lowest BCUT2D eigenvalue weighted by molar-refractivity contribution is 0.624. The topological polar surface area (TPSA) is 38.9 Å². The van der Waals surface area contributed by atoms with E-state index >= 15 is 0 Å². The first-order valence-corrected chi connectivity index (χ1v) is 7.18. The first-order valence-electron chi connectivity index (χ1n) is 5.40. The highest BCUT2D eigenvalue weighted by Gasteiger charge is 2.02. The van der Waals surface area contributed by atoms with Gasteiger partial charge in [0.25, 0.3) is 0 Å². The molecule has 0 spiro atoms. The number of benzene rings is 1. The van der Waals surface area contributed by atoms with E-state index in [1.807, 2.05) is 18.2 Å². The second-order valence-corrected chi connectivity index (χ2v) is 5.69. The summed E-state index contributed by atoms with van der Waals surface area (Å²) >= 11 is 4.91. The van der Waals surface area contributed by atoms with Crippen molar-refractivity contribution in [2.24, 2.45) is 5.73 Å². The quantitative estimate of drug-likeness (QED) is 0.870. The number of halogens is 2. The van der Waals surface area contributed by atoms with Crippen molar-refractivity contribution >= 4 is 27.7 Å². The van der Waals surface area contributed by atoms with Crippen molar-refractivity contribution in [3.05, 3.63) is 57.9 Å². The van der Waals surface area contributed by atoms with Gasteiger partial charge in [-0.15, -0.1) is 11.8 Å². The van der Waals surface area contributed by atoms with Crippen LogP contribution in [0.4, 0.5) is 4.39 Å². The van der Waals surface area contributed by atoms with E-state index in [0.717, 1.165) is 20.6 Å². The first kappa shape index (κ1) is 13.5. The van der Waals surface area contributed by atoms with Gasteiger partial charge in [0, 0.05) is 23.0 Å². The van der Waals surface area contributed by atoms with E-state index < -0.39 is 0 Å². The number of nitrogens with two attached hydrogens (primary N) is 1. The van der Waals surface area contributed by atoms with Crippen molar-refractivity contribution in [3.63, 3.8) is 0 Å². The van der Waals surface area contributed by atoms with Gasteiger partial charge in [-0.2, -0.15) is 0 Å². The summed E-state index contributed by atoms with van der Waals surface area (Å²) < 4.78 is 14.3. The van der Waals surface area contributed by atoms with E-state index in [1.54, 1.807) is 18.0 Å². The molecule has 0 saturated carbocycles. The maximum Gasteiger partial charge on any atom is 0.123 e. The van der Waals surface area contributed by atoms with Crippen LogP contribution in [0.25, 0.3) is 0 Å². The van der Waals surface area contributed by atoms with E-state index in [4.69, 9.17) is 5.73 Å². The molecule has 94 valence electrons. The van der Waals surface area contributed by atoms with E-state index in [2.05, 4.69) is 20.9 Å². The maximum atomic E-state index is 13.3. The normalized spacial score (nSPS) is 10.6. The van der Waals surface area contributed by atoms with Crippen molar-refractivity contribution in [1.29, 1.82) is 0 Å². The Labute approximate surface area is 118 Å². The number of aromatic nitrogens is 1. The molecule has 2 nitrogen and oxygen atoms in total. The third-order valence-electron chi connectivity index (χ3n) is 2.34. The monoisotopic (exact) mass is 326 g/mol. The van der Waals surface area contributed by atoms with E-state index in [1.165, 1.54) is 12.1 Å². The largest absolute Gasteiger partial charge is 0.326 e. The fraction of sp³-hybridized carbons (Fsp3) is 0.154. The summed E-state index contributed by atoms with van der Waals surface area (Å²) in [5.41, 5.74) is 7.26. The molecule has 2 aromatic rings. The van der Waals surface area contributed by atoms with Gasteiger partial charge in [-0.3, -0.25) is 0 Å². The molecule has 0 saturated heterocycles. The molecule has 2 rings (SSSR count). The minimum Gasteiger partial charge on any atom is -0.326 e. The Morgan fingerprint density at radius 3 is 2.67 bits per heavy atom. The number of hydrogen-bond donors (Lipinski definition) is 1. The van der Waals surface area contributed by atoms with E-state index in [9.17, 15) is 4.39 Å². The average Bonchev–Trinajstić information content (AvgIpc) is 2.37. The summed E-state index contributed by atoms with van der Waals surface area (Å²) in [7, 11) is 0. The molecule has 1 aromatic carbocycles. The SMILES string of the molecule is NCc1cc(F)cc(CSc2ccc(Br)cn2)c1. The summed E-state index contributed by atoms with van der Waals surface area (Å²) in [6, 6.07) is 8.79. The Balaban J connectivity index is 2.05. The molecule has 0 aliphatic rings. The molecule has 0 radical (unpaired) electrons. The van der Waals surface area contributed by atoms with Crippen LogP contribution in [0.15, 0.2) is 46.0 Å². The number of thioether (sulfide) groups is 1. The van der Waals surface area contributed by atoms with Gasteiger partial charge in [-0.25, -0.2) is 9.37 Å². The van der Waals surface area contributed by atoms with Crippen LogP contribution in [-0.2, 0) is 12.3 Å². The fourth-order valence-electron chi connectivity index (χ4n) is 1.52. The van der Waals surface area contributed by atoms with Crippen LogP contribution in [0.3, 0.4) is 0 Å². The predicted octanol–water partition coefficient (Wildman–Crippen LogP) is 3.73. The van der Waals surface area contributed by atoms with Crippen LogP contribution in [0.5, 0.6) is 0 Å². The standard InChI is InChI=1S/C13H12BrFN2S/c14-11-1-2-13(17-7-11)18-8-10-3-9(6-16)4-12(15)5-10/h1-5,7H,6,8,16H2. The Kier molecular flexibility index (Phi) is 4.74. The molecule has 0 fully saturated rings. The molecule has 0 bridgehead atoms. The van der Waals surface area contributed by atoms with E-state index in [0.29, 0.717) is 12.3 Å². The highest BCUT2D eigenvalue weighted by atomic mass is 79.9. The van der Waals surface area contributed by atoms with Gasteiger partial charge in [-0.1, -0.05) is 6.07 Å². The van der Waals surface area contributed by atoms with Gasteiger partial charge in [0.15, 0.2) is 0 Å². The average molecular weight is 327 g/mol. The second-order valence-electron chi connectivity index (χ2n) is 3.78. The smallest absolute Gasteiger partial charge is 0.123 e. The highest BCUT2D eigenvalue weighted by Crippen LogP contribution is 2.23. The molecular formula is C13H12BrFN2S. The van der Waals surface area contributed by atoms with E-state index in [-0.39, 0.29) is 5.82 Å². The summed E-state index contributed by atoms with van der Waals surface area (Å²) in [4.78, 5) is 4.26. The van der Waals surface area contributed by atoms with Gasteiger partial charge in [0.05, 0.1) is 5.03 Å². The number of pyridine rings is 1. The van der Waals surface area contributed by atoms with Crippen LogP contribution in [0, 0.1) is 5.82 Å². The van der Waals surface area contributed by atoms with Gasteiger partial charge in [0.2, 0.25) is 0 Å². The molecule has 0 unspecified atom stereocenters. The Morgan fingerprint density at radius 2 is 2.00 bits per heavy atom. The molecule has 0 amide bonds. The van der Waals surface area contributed by atoms with Crippen molar-refractivity contribution in [2.45, 2.75) is 17.3 Å². The minimum atomic E-state index is -0.239. The van der Waals surface area contributed by atoms with Crippen molar-refractivity contribution < 1.29 is 4.39 Å². The first-order chi connectivity index (χ1) is 8.67. The molecule has 18 heavy (non-hydrogen) atoms. The van der Waals surface area contributed by atoms with Crippen LogP contribution >= 0.6 is 27.7 Å². The number of rotatable bonds is 4. The van der Waals surface area contributed by atoms with Crippen molar-refractivity contribution in [3.8, 4) is 0 Å².